The first-order chi connectivity index (χ1) is 12.8. The third kappa shape index (κ3) is 6.21. The first-order valence-corrected chi connectivity index (χ1v) is 9.01. The van der Waals surface area contributed by atoms with Crippen molar-refractivity contribution in [3.05, 3.63) is 35.4 Å². The normalized spacial score (nSPS) is 16.6. The summed E-state index contributed by atoms with van der Waals surface area (Å²) >= 11 is 0. The third-order valence-corrected chi connectivity index (χ3v) is 4.35. The molecule has 0 aromatic heterocycles. The Morgan fingerprint density at radius 2 is 1.74 bits per heavy atom. The molecule has 0 bridgehead atoms. The lowest BCUT2D eigenvalue weighted by molar-refractivity contribution is -0.183. The SMILES string of the molecule is CCCNC(=O)c1cccc(C(=O)NCC(N2CCNCC2)C(F)(F)F)c1. The minimum Gasteiger partial charge on any atom is -0.352 e. The van der Waals surface area contributed by atoms with Gasteiger partial charge in [0.1, 0.15) is 6.04 Å². The molecule has 2 rings (SSSR count). The van der Waals surface area contributed by atoms with Crippen molar-refractivity contribution < 1.29 is 22.8 Å². The molecule has 0 radical (unpaired) electrons. The zero-order chi connectivity index (χ0) is 19.9. The van der Waals surface area contributed by atoms with Crippen molar-refractivity contribution in [2.75, 3.05) is 39.3 Å². The Bertz CT molecular complexity index is 646. The lowest BCUT2D eigenvalue weighted by atomic mass is 10.1. The predicted octanol–water partition coefficient (Wildman–Crippen LogP) is 1.39. The summed E-state index contributed by atoms with van der Waals surface area (Å²) in [4.78, 5) is 25.6. The van der Waals surface area contributed by atoms with Gasteiger partial charge in [0.05, 0.1) is 0 Å². The molecule has 1 fully saturated rings. The Balaban J connectivity index is 2.01. The minimum absolute atomic E-state index is 0.153. The van der Waals surface area contributed by atoms with Crippen LogP contribution in [0, 0.1) is 0 Å². The first-order valence-electron chi connectivity index (χ1n) is 9.01. The van der Waals surface area contributed by atoms with Crippen LogP contribution in [0.2, 0.25) is 0 Å². The first kappa shape index (κ1) is 21.2. The Morgan fingerprint density at radius 1 is 1.15 bits per heavy atom. The number of nitrogens with zero attached hydrogens (tertiary/aromatic N) is 1. The van der Waals surface area contributed by atoms with E-state index in [0.717, 1.165) is 6.42 Å². The van der Waals surface area contributed by atoms with Crippen LogP contribution < -0.4 is 16.0 Å². The lowest BCUT2D eigenvalue weighted by Crippen LogP contribution is -2.57. The molecule has 3 N–H and O–H groups in total. The number of hydrogen-bond acceptors (Lipinski definition) is 4. The molecule has 6 nitrogen and oxygen atoms in total. The minimum atomic E-state index is -4.44. The second kappa shape index (κ2) is 9.70. The summed E-state index contributed by atoms with van der Waals surface area (Å²) in [7, 11) is 0. The van der Waals surface area contributed by atoms with Crippen molar-refractivity contribution in [3.63, 3.8) is 0 Å². The zero-order valence-electron chi connectivity index (χ0n) is 15.2. The molecule has 9 heteroatoms. The van der Waals surface area contributed by atoms with Gasteiger partial charge in [0.2, 0.25) is 0 Å². The van der Waals surface area contributed by atoms with Gasteiger partial charge in [-0.25, -0.2) is 0 Å². The van der Waals surface area contributed by atoms with Crippen molar-refractivity contribution >= 4 is 11.8 Å². The van der Waals surface area contributed by atoms with E-state index in [4.69, 9.17) is 0 Å². The highest BCUT2D eigenvalue weighted by molar-refractivity contribution is 5.99. The van der Waals surface area contributed by atoms with Crippen LogP contribution in [0.4, 0.5) is 13.2 Å². The van der Waals surface area contributed by atoms with Crippen LogP contribution in [-0.2, 0) is 0 Å². The lowest BCUT2D eigenvalue weighted by Gasteiger charge is -2.35. The summed E-state index contributed by atoms with van der Waals surface area (Å²) in [5.74, 6) is -0.954. The number of rotatable bonds is 7. The van der Waals surface area contributed by atoms with Gasteiger partial charge in [-0.15, -0.1) is 0 Å². The van der Waals surface area contributed by atoms with E-state index in [-0.39, 0.29) is 24.6 Å². The van der Waals surface area contributed by atoms with E-state index in [9.17, 15) is 22.8 Å². The number of benzene rings is 1. The van der Waals surface area contributed by atoms with Gasteiger partial charge in [-0.2, -0.15) is 13.2 Å². The molecule has 0 saturated carbocycles. The molecule has 1 aromatic rings. The summed E-state index contributed by atoms with van der Waals surface area (Å²) in [6.45, 7) is 3.40. The summed E-state index contributed by atoms with van der Waals surface area (Å²) in [5.41, 5.74) is 0.450. The standard InChI is InChI=1S/C18H25F3N4O2/c1-2-6-23-16(26)13-4-3-5-14(11-13)17(27)24-12-15(18(19,20)21)25-9-7-22-8-10-25/h3-5,11,15,22H,2,6-10,12H2,1H3,(H,23,26)(H,24,27). The Labute approximate surface area is 156 Å². The van der Waals surface area contributed by atoms with E-state index < -0.39 is 24.7 Å². The van der Waals surface area contributed by atoms with Gasteiger partial charge in [-0.3, -0.25) is 14.5 Å². The van der Waals surface area contributed by atoms with E-state index in [1.54, 1.807) is 6.07 Å². The second-order valence-corrected chi connectivity index (χ2v) is 6.39. The fourth-order valence-electron chi connectivity index (χ4n) is 2.88. The smallest absolute Gasteiger partial charge is 0.352 e. The molecule has 0 spiro atoms. The third-order valence-electron chi connectivity index (χ3n) is 4.35. The van der Waals surface area contributed by atoms with Gasteiger partial charge in [0, 0.05) is 50.4 Å². The van der Waals surface area contributed by atoms with Crippen molar-refractivity contribution in [3.8, 4) is 0 Å². The molecule has 2 amide bonds. The number of carbonyl (C=O) groups is 2. The number of amides is 2. The quantitative estimate of drug-likeness (QED) is 0.662. The van der Waals surface area contributed by atoms with E-state index in [1.807, 2.05) is 6.92 Å². The monoisotopic (exact) mass is 386 g/mol. The van der Waals surface area contributed by atoms with Gasteiger partial charge in [0.25, 0.3) is 11.8 Å². The van der Waals surface area contributed by atoms with Crippen LogP contribution in [0.25, 0.3) is 0 Å². The van der Waals surface area contributed by atoms with Gasteiger partial charge in [-0.1, -0.05) is 13.0 Å². The van der Waals surface area contributed by atoms with Crippen molar-refractivity contribution in [1.29, 1.82) is 0 Å². The number of piperazine rings is 1. The van der Waals surface area contributed by atoms with Gasteiger partial charge < -0.3 is 16.0 Å². The zero-order valence-corrected chi connectivity index (χ0v) is 15.2. The van der Waals surface area contributed by atoms with Gasteiger partial charge >= 0.3 is 6.18 Å². The highest BCUT2D eigenvalue weighted by atomic mass is 19.4. The topological polar surface area (TPSA) is 73.5 Å². The second-order valence-electron chi connectivity index (χ2n) is 6.39. The average molecular weight is 386 g/mol. The fourth-order valence-corrected chi connectivity index (χ4v) is 2.88. The molecule has 1 atom stereocenters. The molecule has 27 heavy (non-hydrogen) atoms. The highest BCUT2D eigenvalue weighted by Crippen LogP contribution is 2.24. The summed E-state index contributed by atoms with van der Waals surface area (Å²) in [6.07, 6.45) is -3.66. The average Bonchev–Trinajstić information content (AvgIpc) is 2.66. The summed E-state index contributed by atoms with van der Waals surface area (Å²) in [5, 5.41) is 8.06. The largest absolute Gasteiger partial charge is 0.405 e. The van der Waals surface area contributed by atoms with Crippen LogP contribution in [0.1, 0.15) is 34.1 Å². The van der Waals surface area contributed by atoms with Crippen LogP contribution >= 0.6 is 0 Å². The molecule has 1 saturated heterocycles. The van der Waals surface area contributed by atoms with Crippen LogP contribution in [-0.4, -0.2) is 68.2 Å². The van der Waals surface area contributed by atoms with E-state index in [2.05, 4.69) is 16.0 Å². The predicted molar refractivity (Wildman–Crippen MR) is 95.7 cm³/mol. The number of carbonyl (C=O) groups excluding carboxylic acids is 2. The Morgan fingerprint density at radius 3 is 2.30 bits per heavy atom. The van der Waals surface area contributed by atoms with E-state index >= 15 is 0 Å². The van der Waals surface area contributed by atoms with E-state index in [0.29, 0.717) is 25.2 Å². The molecule has 1 aromatic carbocycles. The maximum Gasteiger partial charge on any atom is 0.405 e. The van der Waals surface area contributed by atoms with Crippen LogP contribution in [0.15, 0.2) is 24.3 Å². The molecule has 1 aliphatic rings. The molecule has 0 aliphatic carbocycles. The Kier molecular flexibility index (Phi) is 7.61. The molecular weight excluding hydrogens is 361 g/mol. The van der Waals surface area contributed by atoms with Crippen molar-refractivity contribution in [1.82, 2.24) is 20.9 Å². The fraction of sp³-hybridized carbons (Fsp3) is 0.556. The molecule has 150 valence electrons. The van der Waals surface area contributed by atoms with Gasteiger partial charge in [0.15, 0.2) is 0 Å². The summed E-state index contributed by atoms with van der Waals surface area (Å²) in [6, 6.07) is 4.21. The number of alkyl halides is 3. The number of hydrogen-bond donors (Lipinski definition) is 3. The van der Waals surface area contributed by atoms with Crippen LogP contribution in [0.5, 0.6) is 0 Å². The number of nitrogens with one attached hydrogen (secondary N) is 3. The molecule has 1 aliphatic heterocycles. The number of halogens is 3. The summed E-state index contributed by atoms with van der Waals surface area (Å²) < 4.78 is 40.1. The van der Waals surface area contributed by atoms with Crippen molar-refractivity contribution in [2.24, 2.45) is 0 Å². The van der Waals surface area contributed by atoms with Crippen molar-refractivity contribution in [2.45, 2.75) is 25.6 Å². The Hall–Kier alpha value is -2.13. The van der Waals surface area contributed by atoms with Crippen LogP contribution in [0.3, 0.4) is 0 Å². The highest BCUT2D eigenvalue weighted by Gasteiger charge is 2.43. The molecule has 1 unspecified atom stereocenters. The molecular formula is C18H25F3N4O2. The van der Waals surface area contributed by atoms with Gasteiger partial charge in [-0.05, 0) is 24.6 Å². The maximum absolute atomic E-state index is 13.4. The molecule has 1 heterocycles. The van der Waals surface area contributed by atoms with E-state index in [1.165, 1.54) is 23.1 Å². The maximum atomic E-state index is 13.4.